The molecule has 10 heteroatoms. The van der Waals surface area contributed by atoms with Gasteiger partial charge in [0.05, 0.1) is 18.2 Å². The molecular formula is C19H20BrN3O6. The second kappa shape index (κ2) is 9.87. The summed E-state index contributed by atoms with van der Waals surface area (Å²) in [5, 5.41) is 24.5. The highest BCUT2D eigenvalue weighted by Gasteiger charge is 2.19. The molecule has 0 atom stereocenters. The van der Waals surface area contributed by atoms with Crippen LogP contribution in [-0.4, -0.2) is 35.9 Å². The monoisotopic (exact) mass is 465 g/mol. The first-order chi connectivity index (χ1) is 13.7. The number of carbonyl (C=O) groups is 1. The quantitative estimate of drug-likeness (QED) is 0.347. The van der Waals surface area contributed by atoms with Crippen molar-refractivity contribution in [3.63, 3.8) is 0 Å². The largest absolute Gasteiger partial charge is 0.500 e. The Labute approximate surface area is 175 Å². The standard InChI is InChI=1S/C19H20BrN3O6/c1-11(2)14-8-13(20)4-5-16(14)29-10-18(24)22-21-9-12-6-15(23(26)27)19(25)17(7-12)28-3/h4-9,11,25H,10H2,1-3H3,(H,22,24)/b21-9+. The van der Waals surface area contributed by atoms with E-state index < -0.39 is 22.3 Å². The second-order valence-electron chi connectivity index (χ2n) is 6.27. The molecule has 0 aliphatic rings. The molecule has 2 rings (SSSR count). The van der Waals surface area contributed by atoms with Gasteiger partial charge in [-0.25, -0.2) is 5.43 Å². The van der Waals surface area contributed by atoms with Gasteiger partial charge in [-0.1, -0.05) is 29.8 Å². The number of hydrogen-bond acceptors (Lipinski definition) is 7. The van der Waals surface area contributed by atoms with Crippen molar-refractivity contribution in [2.24, 2.45) is 5.10 Å². The SMILES string of the molecule is COc1cc(/C=N/NC(=O)COc2ccc(Br)cc2C(C)C)cc([N+](=O)[O-])c1O. The maximum Gasteiger partial charge on any atom is 0.315 e. The molecule has 0 aliphatic carbocycles. The molecule has 29 heavy (non-hydrogen) atoms. The minimum atomic E-state index is -0.744. The smallest absolute Gasteiger partial charge is 0.315 e. The molecule has 9 nitrogen and oxygen atoms in total. The van der Waals surface area contributed by atoms with Crippen LogP contribution >= 0.6 is 15.9 Å². The van der Waals surface area contributed by atoms with Crippen LogP contribution in [0.3, 0.4) is 0 Å². The highest BCUT2D eigenvalue weighted by molar-refractivity contribution is 9.10. The van der Waals surface area contributed by atoms with E-state index in [0.29, 0.717) is 5.75 Å². The molecule has 2 N–H and O–H groups in total. The number of halogens is 1. The van der Waals surface area contributed by atoms with Crippen LogP contribution in [0.25, 0.3) is 0 Å². The van der Waals surface area contributed by atoms with E-state index in [2.05, 4.69) is 26.5 Å². The summed E-state index contributed by atoms with van der Waals surface area (Å²) in [4.78, 5) is 22.2. The van der Waals surface area contributed by atoms with Gasteiger partial charge in [0.1, 0.15) is 5.75 Å². The third-order valence-electron chi connectivity index (χ3n) is 3.85. The molecule has 0 spiro atoms. The van der Waals surface area contributed by atoms with Gasteiger partial charge in [0, 0.05) is 16.1 Å². The summed E-state index contributed by atoms with van der Waals surface area (Å²) in [6.07, 6.45) is 1.20. The number of hydrogen-bond donors (Lipinski definition) is 2. The van der Waals surface area contributed by atoms with Crippen LogP contribution in [-0.2, 0) is 4.79 Å². The van der Waals surface area contributed by atoms with Crippen LogP contribution in [0, 0.1) is 10.1 Å². The van der Waals surface area contributed by atoms with Gasteiger partial charge in [-0.3, -0.25) is 14.9 Å². The Balaban J connectivity index is 2.02. The first-order valence-corrected chi connectivity index (χ1v) is 9.31. The summed E-state index contributed by atoms with van der Waals surface area (Å²) in [5.41, 5.74) is 2.98. The van der Waals surface area contributed by atoms with Crippen molar-refractivity contribution < 1.29 is 24.3 Å². The van der Waals surface area contributed by atoms with Crippen LogP contribution in [0.15, 0.2) is 39.9 Å². The number of hydrazone groups is 1. The zero-order valence-corrected chi connectivity index (χ0v) is 17.6. The molecule has 0 bridgehead atoms. The highest BCUT2D eigenvalue weighted by Crippen LogP contribution is 2.36. The van der Waals surface area contributed by atoms with E-state index in [4.69, 9.17) is 9.47 Å². The van der Waals surface area contributed by atoms with Crippen LogP contribution in [0.4, 0.5) is 5.69 Å². The van der Waals surface area contributed by atoms with Crippen molar-refractivity contribution in [2.45, 2.75) is 19.8 Å². The number of ether oxygens (including phenoxy) is 2. The zero-order valence-electron chi connectivity index (χ0n) is 16.0. The summed E-state index contributed by atoms with van der Waals surface area (Å²) in [6, 6.07) is 7.99. The lowest BCUT2D eigenvalue weighted by Gasteiger charge is -2.13. The van der Waals surface area contributed by atoms with Crippen molar-refractivity contribution in [2.75, 3.05) is 13.7 Å². The molecule has 154 valence electrons. The normalized spacial score (nSPS) is 10.9. The van der Waals surface area contributed by atoms with Crippen molar-refractivity contribution in [3.8, 4) is 17.2 Å². The van der Waals surface area contributed by atoms with E-state index in [1.807, 2.05) is 26.0 Å². The van der Waals surface area contributed by atoms with Crippen molar-refractivity contribution in [1.82, 2.24) is 5.43 Å². The predicted octanol–water partition coefficient (Wildman–Crippen LogP) is 3.72. The Morgan fingerprint density at radius 2 is 2.07 bits per heavy atom. The average Bonchev–Trinajstić information content (AvgIpc) is 2.67. The molecule has 1 amide bonds. The summed E-state index contributed by atoms with van der Waals surface area (Å²) >= 11 is 3.41. The van der Waals surface area contributed by atoms with Gasteiger partial charge in [0.2, 0.25) is 5.75 Å². The fourth-order valence-corrected chi connectivity index (χ4v) is 2.82. The van der Waals surface area contributed by atoms with E-state index >= 15 is 0 Å². The molecule has 0 aromatic heterocycles. The zero-order chi connectivity index (χ0) is 21.6. The minimum Gasteiger partial charge on any atom is -0.500 e. The Morgan fingerprint density at radius 1 is 1.34 bits per heavy atom. The van der Waals surface area contributed by atoms with Gasteiger partial charge in [-0.15, -0.1) is 0 Å². The molecule has 2 aromatic rings. The van der Waals surface area contributed by atoms with E-state index in [1.54, 1.807) is 6.07 Å². The number of rotatable bonds is 8. The first kappa shape index (κ1) is 22.2. The number of carbonyl (C=O) groups excluding carboxylic acids is 1. The minimum absolute atomic E-state index is 0.0771. The molecule has 0 saturated carbocycles. The molecule has 0 aliphatic heterocycles. The number of nitrogens with zero attached hydrogens (tertiary/aromatic N) is 2. The molecule has 0 radical (unpaired) electrons. The topological polar surface area (TPSA) is 123 Å². The predicted molar refractivity (Wildman–Crippen MR) is 111 cm³/mol. The average molecular weight is 466 g/mol. The Bertz CT molecular complexity index is 946. The molecular weight excluding hydrogens is 446 g/mol. The maximum absolute atomic E-state index is 12.0. The van der Waals surface area contributed by atoms with Crippen LogP contribution in [0.1, 0.15) is 30.9 Å². The Hall–Kier alpha value is -3.14. The second-order valence-corrected chi connectivity index (χ2v) is 7.18. The van der Waals surface area contributed by atoms with Gasteiger partial charge in [0.25, 0.3) is 5.91 Å². The number of phenols is 1. The lowest BCUT2D eigenvalue weighted by molar-refractivity contribution is -0.386. The van der Waals surface area contributed by atoms with E-state index in [-0.39, 0.29) is 23.8 Å². The molecule has 0 unspecified atom stereocenters. The van der Waals surface area contributed by atoms with Crippen LogP contribution in [0.2, 0.25) is 0 Å². The van der Waals surface area contributed by atoms with E-state index in [1.165, 1.54) is 19.4 Å². The summed E-state index contributed by atoms with van der Waals surface area (Å²) in [5.74, 6) is -0.349. The third kappa shape index (κ3) is 5.92. The molecule has 2 aromatic carbocycles. The van der Waals surface area contributed by atoms with Gasteiger partial charge in [0.15, 0.2) is 12.4 Å². The van der Waals surface area contributed by atoms with Crippen molar-refractivity contribution >= 4 is 33.7 Å². The number of methoxy groups -OCH3 is 1. The van der Waals surface area contributed by atoms with Gasteiger partial charge in [-0.05, 0) is 35.7 Å². The fourth-order valence-electron chi connectivity index (χ4n) is 2.44. The highest BCUT2D eigenvalue weighted by atomic mass is 79.9. The third-order valence-corrected chi connectivity index (χ3v) is 4.34. The summed E-state index contributed by atoms with van der Waals surface area (Å²) in [6.45, 7) is 3.78. The van der Waals surface area contributed by atoms with Crippen molar-refractivity contribution in [1.29, 1.82) is 0 Å². The number of benzene rings is 2. The van der Waals surface area contributed by atoms with Crippen LogP contribution < -0.4 is 14.9 Å². The fraction of sp³-hybridized carbons (Fsp3) is 0.263. The molecule has 0 saturated heterocycles. The number of aromatic hydroxyl groups is 1. The number of phenolic OH excluding ortho intramolecular Hbond substituents is 1. The Kier molecular flexibility index (Phi) is 7.54. The number of nitro benzene ring substituents is 1. The number of amides is 1. The Morgan fingerprint density at radius 3 is 2.69 bits per heavy atom. The summed E-state index contributed by atoms with van der Waals surface area (Å²) in [7, 11) is 1.27. The number of nitro groups is 1. The van der Waals surface area contributed by atoms with Crippen molar-refractivity contribution in [3.05, 3.63) is 56.0 Å². The van der Waals surface area contributed by atoms with Gasteiger partial charge < -0.3 is 14.6 Å². The van der Waals surface area contributed by atoms with Gasteiger partial charge >= 0.3 is 5.69 Å². The number of nitrogens with one attached hydrogen (secondary N) is 1. The first-order valence-electron chi connectivity index (χ1n) is 8.52. The molecule has 0 heterocycles. The van der Waals surface area contributed by atoms with Crippen LogP contribution in [0.5, 0.6) is 17.2 Å². The van der Waals surface area contributed by atoms with E-state index in [9.17, 15) is 20.0 Å². The lowest BCUT2D eigenvalue weighted by atomic mass is 10.0. The lowest BCUT2D eigenvalue weighted by Crippen LogP contribution is -2.24. The van der Waals surface area contributed by atoms with E-state index in [0.717, 1.165) is 16.1 Å². The maximum atomic E-state index is 12.0. The summed E-state index contributed by atoms with van der Waals surface area (Å²) < 4.78 is 11.4. The van der Waals surface area contributed by atoms with Gasteiger partial charge in [-0.2, -0.15) is 5.10 Å². The molecule has 0 fully saturated rings.